The van der Waals surface area contributed by atoms with E-state index >= 15 is 0 Å². The zero-order valence-corrected chi connectivity index (χ0v) is 13.5. The molecule has 1 rings (SSSR count). The Kier molecular flexibility index (Phi) is 5.96. The molecule has 1 aromatic heterocycles. The molecule has 0 aliphatic carbocycles. The van der Waals surface area contributed by atoms with E-state index in [1.54, 1.807) is 19.2 Å². The van der Waals surface area contributed by atoms with Crippen LogP contribution in [0, 0.1) is 5.92 Å². The van der Waals surface area contributed by atoms with Crippen LogP contribution in [0.5, 0.6) is 0 Å². The monoisotopic (exact) mass is 298 g/mol. The molecule has 0 spiro atoms. The number of carbonyl (C=O) groups is 1. The molecule has 1 amide bonds. The summed E-state index contributed by atoms with van der Waals surface area (Å²) in [6.07, 6.45) is 0. The van der Waals surface area contributed by atoms with Gasteiger partial charge in [-0.05, 0) is 18.1 Å². The highest BCUT2D eigenvalue weighted by atomic mass is 35.5. The van der Waals surface area contributed by atoms with Crippen LogP contribution in [0.1, 0.15) is 43.7 Å². The Balaban J connectivity index is 2.81. The lowest BCUT2D eigenvalue weighted by atomic mass is 9.91. The van der Waals surface area contributed by atoms with E-state index in [0.717, 1.165) is 5.69 Å². The van der Waals surface area contributed by atoms with E-state index in [9.17, 15) is 4.79 Å². The molecule has 0 aliphatic heterocycles. The molecule has 1 N–H and O–H groups in total. The van der Waals surface area contributed by atoms with Gasteiger partial charge in [-0.15, -0.1) is 0 Å². The fraction of sp³-hybridized carbons (Fsp3) is 0.600. The molecule has 5 heteroatoms. The van der Waals surface area contributed by atoms with Crippen LogP contribution in [0.25, 0.3) is 0 Å². The van der Waals surface area contributed by atoms with E-state index < -0.39 is 0 Å². The summed E-state index contributed by atoms with van der Waals surface area (Å²) in [6, 6.07) is 3.38. The molecular weight excluding hydrogens is 276 g/mol. The van der Waals surface area contributed by atoms with Crippen molar-refractivity contribution < 1.29 is 9.53 Å². The number of amides is 1. The third-order valence-corrected chi connectivity index (χ3v) is 3.08. The second kappa shape index (κ2) is 7.04. The molecule has 4 nitrogen and oxygen atoms in total. The maximum atomic E-state index is 12.1. The first kappa shape index (κ1) is 16.9. The molecule has 0 saturated heterocycles. The number of rotatable bonds is 5. The quantitative estimate of drug-likeness (QED) is 0.850. The Bertz CT molecular complexity index is 469. The Morgan fingerprint density at radius 3 is 2.65 bits per heavy atom. The molecule has 1 unspecified atom stereocenters. The Morgan fingerprint density at radius 2 is 2.10 bits per heavy atom. The summed E-state index contributed by atoms with van der Waals surface area (Å²) in [5.74, 6) is 0.131. The highest BCUT2D eigenvalue weighted by molar-refractivity contribution is 6.29. The van der Waals surface area contributed by atoms with Gasteiger partial charge in [0.15, 0.2) is 0 Å². The molecule has 112 valence electrons. The minimum Gasteiger partial charge on any atom is -0.384 e. The van der Waals surface area contributed by atoms with E-state index in [4.69, 9.17) is 16.3 Å². The molecule has 1 aromatic rings. The lowest BCUT2D eigenvalue weighted by molar-refractivity contribution is 0.0934. The van der Waals surface area contributed by atoms with Crippen molar-refractivity contribution in [1.82, 2.24) is 10.3 Å². The molecular formula is C15H23ClN2O2. The number of halogens is 1. The average molecular weight is 299 g/mol. The maximum absolute atomic E-state index is 12.1. The van der Waals surface area contributed by atoms with Crippen molar-refractivity contribution in [2.75, 3.05) is 20.3 Å². The Hall–Kier alpha value is -1.13. The summed E-state index contributed by atoms with van der Waals surface area (Å²) in [4.78, 5) is 16.4. The van der Waals surface area contributed by atoms with E-state index in [-0.39, 0.29) is 17.2 Å². The van der Waals surface area contributed by atoms with Crippen LogP contribution < -0.4 is 5.32 Å². The topological polar surface area (TPSA) is 51.2 Å². The molecule has 0 bridgehead atoms. The minimum atomic E-state index is -0.150. The van der Waals surface area contributed by atoms with Gasteiger partial charge in [-0.1, -0.05) is 39.3 Å². The van der Waals surface area contributed by atoms with Crippen LogP contribution in [-0.4, -0.2) is 31.2 Å². The van der Waals surface area contributed by atoms with Gasteiger partial charge < -0.3 is 10.1 Å². The predicted octanol–water partition coefficient (Wildman–Crippen LogP) is 3.04. The van der Waals surface area contributed by atoms with E-state index in [2.05, 4.69) is 10.3 Å². The van der Waals surface area contributed by atoms with Crippen molar-refractivity contribution in [1.29, 1.82) is 0 Å². The molecule has 20 heavy (non-hydrogen) atoms. The number of hydrogen-bond acceptors (Lipinski definition) is 3. The normalized spacial score (nSPS) is 13.1. The highest BCUT2D eigenvalue weighted by Gasteiger charge is 2.19. The van der Waals surface area contributed by atoms with Crippen molar-refractivity contribution in [2.45, 2.75) is 33.1 Å². The lowest BCUT2D eigenvalue weighted by Gasteiger charge is -2.19. The van der Waals surface area contributed by atoms with Gasteiger partial charge >= 0.3 is 0 Å². The third-order valence-electron chi connectivity index (χ3n) is 2.89. The van der Waals surface area contributed by atoms with Crippen molar-refractivity contribution >= 4 is 17.5 Å². The number of carbonyl (C=O) groups excluding carboxylic acids is 1. The Labute approximate surface area is 125 Å². The number of hydrogen-bond donors (Lipinski definition) is 1. The minimum absolute atomic E-state index is 0.136. The first-order valence-corrected chi connectivity index (χ1v) is 7.07. The molecule has 1 atom stereocenters. The van der Waals surface area contributed by atoms with Gasteiger partial charge in [-0.25, -0.2) is 4.98 Å². The van der Waals surface area contributed by atoms with Gasteiger partial charge in [0.25, 0.3) is 5.91 Å². The van der Waals surface area contributed by atoms with Crippen LogP contribution in [0.15, 0.2) is 12.1 Å². The van der Waals surface area contributed by atoms with Crippen LogP contribution in [0.2, 0.25) is 5.15 Å². The zero-order chi connectivity index (χ0) is 15.3. The smallest absolute Gasteiger partial charge is 0.251 e. The van der Waals surface area contributed by atoms with Crippen LogP contribution in [0.3, 0.4) is 0 Å². The van der Waals surface area contributed by atoms with Gasteiger partial charge in [0, 0.05) is 30.3 Å². The molecule has 1 heterocycles. The number of aromatic nitrogens is 1. The van der Waals surface area contributed by atoms with Crippen LogP contribution in [0.4, 0.5) is 0 Å². The fourth-order valence-corrected chi connectivity index (χ4v) is 1.93. The van der Waals surface area contributed by atoms with Gasteiger partial charge in [-0.3, -0.25) is 4.79 Å². The number of pyridine rings is 1. The highest BCUT2D eigenvalue weighted by Crippen LogP contribution is 2.23. The summed E-state index contributed by atoms with van der Waals surface area (Å²) >= 11 is 6.00. The van der Waals surface area contributed by atoms with E-state index in [1.807, 2.05) is 27.7 Å². The SMILES string of the molecule is COCC(C)CNC(=O)c1cc(Cl)nc(C(C)(C)C)c1. The number of methoxy groups -OCH3 is 1. The van der Waals surface area contributed by atoms with Crippen molar-refractivity contribution in [3.05, 3.63) is 28.5 Å². The van der Waals surface area contributed by atoms with Gasteiger partial charge in [0.1, 0.15) is 5.15 Å². The standard InChI is InChI=1S/C15H23ClN2O2/c1-10(9-20-5)8-17-14(19)11-6-12(15(2,3)4)18-13(16)7-11/h6-7,10H,8-9H2,1-5H3,(H,17,19). The fourth-order valence-electron chi connectivity index (χ4n) is 1.72. The third kappa shape index (κ3) is 5.10. The summed E-state index contributed by atoms with van der Waals surface area (Å²) in [5.41, 5.74) is 1.20. The lowest BCUT2D eigenvalue weighted by Crippen LogP contribution is -2.30. The Morgan fingerprint density at radius 1 is 1.45 bits per heavy atom. The number of nitrogens with one attached hydrogen (secondary N) is 1. The summed E-state index contributed by atoms with van der Waals surface area (Å²) < 4.78 is 5.04. The van der Waals surface area contributed by atoms with Gasteiger partial charge in [-0.2, -0.15) is 0 Å². The molecule has 0 radical (unpaired) electrons. The van der Waals surface area contributed by atoms with Crippen molar-refractivity contribution in [3.63, 3.8) is 0 Å². The van der Waals surface area contributed by atoms with Gasteiger partial charge in [0.2, 0.25) is 0 Å². The second-order valence-electron chi connectivity index (χ2n) is 6.08. The van der Waals surface area contributed by atoms with E-state index in [1.165, 1.54) is 0 Å². The predicted molar refractivity (Wildman–Crippen MR) is 81.3 cm³/mol. The summed E-state index contributed by atoms with van der Waals surface area (Å²) in [6.45, 7) is 9.31. The van der Waals surface area contributed by atoms with E-state index in [0.29, 0.717) is 23.9 Å². The number of ether oxygens (including phenoxy) is 1. The van der Waals surface area contributed by atoms with Crippen LogP contribution in [-0.2, 0) is 10.2 Å². The average Bonchev–Trinajstić information content (AvgIpc) is 2.34. The van der Waals surface area contributed by atoms with Crippen molar-refractivity contribution in [3.8, 4) is 0 Å². The zero-order valence-electron chi connectivity index (χ0n) is 12.8. The summed E-state index contributed by atoms with van der Waals surface area (Å²) in [7, 11) is 1.65. The summed E-state index contributed by atoms with van der Waals surface area (Å²) in [5, 5.41) is 3.22. The largest absolute Gasteiger partial charge is 0.384 e. The van der Waals surface area contributed by atoms with Crippen molar-refractivity contribution in [2.24, 2.45) is 5.92 Å². The number of nitrogens with zero attached hydrogens (tertiary/aromatic N) is 1. The maximum Gasteiger partial charge on any atom is 0.251 e. The first-order chi connectivity index (χ1) is 9.24. The second-order valence-corrected chi connectivity index (χ2v) is 6.47. The molecule has 0 saturated carbocycles. The molecule has 0 fully saturated rings. The molecule has 0 aromatic carbocycles. The first-order valence-electron chi connectivity index (χ1n) is 6.69. The van der Waals surface area contributed by atoms with Crippen LogP contribution >= 0.6 is 11.6 Å². The molecule has 0 aliphatic rings. The van der Waals surface area contributed by atoms with Gasteiger partial charge in [0.05, 0.1) is 6.61 Å².